The molecule has 1 aromatic heterocycles. The van der Waals surface area contributed by atoms with E-state index in [4.69, 9.17) is 16.1 Å². The first-order valence-electron chi connectivity index (χ1n) is 7.84. The van der Waals surface area contributed by atoms with Crippen LogP contribution in [0.2, 0.25) is 5.02 Å². The van der Waals surface area contributed by atoms with E-state index in [1.807, 2.05) is 0 Å². The first-order chi connectivity index (χ1) is 12.3. The maximum absolute atomic E-state index is 12.3. The number of carbonyl (C=O) groups excluding carboxylic acids is 2. The zero-order chi connectivity index (χ0) is 18.9. The van der Waals surface area contributed by atoms with Gasteiger partial charge in [0.1, 0.15) is 5.76 Å². The van der Waals surface area contributed by atoms with Crippen molar-refractivity contribution >= 4 is 39.1 Å². The van der Waals surface area contributed by atoms with E-state index in [-0.39, 0.29) is 28.4 Å². The highest BCUT2D eigenvalue weighted by molar-refractivity contribution is 7.94. The number of nitrogens with one attached hydrogen (secondary N) is 1. The smallest absolute Gasteiger partial charge is 0.251 e. The number of anilines is 1. The SMILES string of the molecule is Cc1cc(CCNC(=O)c2ccc(Cl)c(N3C(=O)CCS3(=O)=O)c2)no1. The van der Waals surface area contributed by atoms with Gasteiger partial charge in [0.2, 0.25) is 15.9 Å². The normalized spacial score (nSPS) is 16.1. The molecule has 1 saturated heterocycles. The lowest BCUT2D eigenvalue weighted by molar-refractivity contribution is -0.116. The summed E-state index contributed by atoms with van der Waals surface area (Å²) in [5.74, 6) is -0.557. The number of carbonyl (C=O) groups is 2. The molecule has 0 aliphatic carbocycles. The Balaban J connectivity index is 1.74. The van der Waals surface area contributed by atoms with Gasteiger partial charge in [-0.25, -0.2) is 12.7 Å². The van der Waals surface area contributed by atoms with Gasteiger partial charge < -0.3 is 9.84 Å². The second kappa shape index (κ2) is 7.08. The molecule has 0 atom stereocenters. The van der Waals surface area contributed by atoms with Crippen LogP contribution in [0.4, 0.5) is 5.69 Å². The number of sulfonamides is 1. The van der Waals surface area contributed by atoms with Crippen molar-refractivity contribution in [2.24, 2.45) is 0 Å². The molecule has 3 rings (SSSR count). The molecule has 0 saturated carbocycles. The summed E-state index contributed by atoms with van der Waals surface area (Å²) in [5.41, 5.74) is 0.915. The van der Waals surface area contributed by atoms with Crippen LogP contribution in [0.5, 0.6) is 0 Å². The number of hydrogen-bond donors (Lipinski definition) is 1. The zero-order valence-corrected chi connectivity index (χ0v) is 15.4. The summed E-state index contributed by atoms with van der Waals surface area (Å²) in [5, 5.41) is 6.62. The Hall–Kier alpha value is -2.39. The third-order valence-electron chi connectivity index (χ3n) is 3.85. The Morgan fingerprint density at radius 2 is 2.15 bits per heavy atom. The average Bonchev–Trinajstić information content (AvgIpc) is 3.11. The van der Waals surface area contributed by atoms with E-state index >= 15 is 0 Å². The molecule has 10 heteroatoms. The Labute approximate surface area is 155 Å². The fraction of sp³-hybridized carbons (Fsp3) is 0.312. The highest BCUT2D eigenvalue weighted by atomic mass is 35.5. The summed E-state index contributed by atoms with van der Waals surface area (Å²) in [6.45, 7) is 2.10. The lowest BCUT2D eigenvalue weighted by atomic mass is 10.1. The number of rotatable bonds is 5. The van der Waals surface area contributed by atoms with Crippen molar-refractivity contribution in [2.75, 3.05) is 16.6 Å². The number of nitrogens with zero attached hydrogens (tertiary/aromatic N) is 2. The number of benzene rings is 1. The van der Waals surface area contributed by atoms with Crippen LogP contribution < -0.4 is 9.62 Å². The number of aryl methyl sites for hydroxylation is 1. The van der Waals surface area contributed by atoms with Crippen LogP contribution >= 0.6 is 11.6 Å². The molecule has 2 heterocycles. The first-order valence-corrected chi connectivity index (χ1v) is 9.82. The standard InChI is InChI=1S/C16H16ClN3O5S/c1-10-8-12(19-25-10)4-6-18-16(22)11-2-3-13(17)14(9-11)20-15(21)5-7-26(20,23)24/h2-3,8-9H,4-7H2,1H3,(H,18,22). The molecule has 1 N–H and O–H groups in total. The van der Waals surface area contributed by atoms with Crippen LogP contribution in [0, 0.1) is 6.92 Å². The van der Waals surface area contributed by atoms with E-state index in [9.17, 15) is 18.0 Å². The van der Waals surface area contributed by atoms with Gasteiger partial charge in [0.05, 0.1) is 22.2 Å². The Bertz CT molecular complexity index is 970. The monoisotopic (exact) mass is 397 g/mol. The number of hydrogen-bond acceptors (Lipinski definition) is 6. The topological polar surface area (TPSA) is 110 Å². The van der Waals surface area contributed by atoms with Crippen LogP contribution in [0.3, 0.4) is 0 Å². The largest absolute Gasteiger partial charge is 0.361 e. The molecule has 2 aromatic rings. The third kappa shape index (κ3) is 3.73. The number of amides is 2. The Kier molecular flexibility index (Phi) is 5.01. The summed E-state index contributed by atoms with van der Waals surface area (Å²) in [7, 11) is -3.76. The van der Waals surface area contributed by atoms with Crippen LogP contribution in [0.25, 0.3) is 0 Å². The van der Waals surface area contributed by atoms with E-state index in [0.717, 1.165) is 0 Å². The van der Waals surface area contributed by atoms with Gasteiger partial charge >= 0.3 is 0 Å². The molecule has 0 spiro atoms. The molecule has 1 aromatic carbocycles. The first kappa shape index (κ1) is 18.4. The van der Waals surface area contributed by atoms with Crippen molar-refractivity contribution in [1.82, 2.24) is 10.5 Å². The van der Waals surface area contributed by atoms with Crippen LogP contribution in [0.15, 0.2) is 28.8 Å². The molecule has 0 bridgehead atoms. The Morgan fingerprint density at radius 1 is 1.38 bits per heavy atom. The van der Waals surface area contributed by atoms with E-state index < -0.39 is 21.8 Å². The van der Waals surface area contributed by atoms with Gasteiger partial charge in [-0.1, -0.05) is 16.8 Å². The van der Waals surface area contributed by atoms with Gasteiger partial charge in [-0.3, -0.25) is 9.59 Å². The van der Waals surface area contributed by atoms with Crippen LogP contribution in [0.1, 0.15) is 28.2 Å². The summed E-state index contributed by atoms with van der Waals surface area (Å²) < 4.78 is 29.8. The van der Waals surface area contributed by atoms with Crippen LogP contribution in [-0.4, -0.2) is 37.7 Å². The van der Waals surface area contributed by atoms with Gasteiger partial charge in [-0.2, -0.15) is 0 Å². The molecule has 1 fully saturated rings. The average molecular weight is 398 g/mol. The molecule has 1 aliphatic heterocycles. The van der Waals surface area contributed by atoms with Gasteiger partial charge in [0.15, 0.2) is 0 Å². The second-order valence-corrected chi connectivity index (χ2v) is 8.17. The lowest BCUT2D eigenvalue weighted by Crippen LogP contribution is -2.30. The molecule has 8 nitrogen and oxygen atoms in total. The van der Waals surface area contributed by atoms with E-state index in [1.54, 1.807) is 13.0 Å². The highest BCUT2D eigenvalue weighted by Crippen LogP contribution is 2.32. The predicted octanol–water partition coefficient (Wildman–Crippen LogP) is 1.68. The summed E-state index contributed by atoms with van der Waals surface area (Å²) in [6.07, 6.45) is 0.384. The maximum atomic E-state index is 12.3. The van der Waals surface area contributed by atoms with E-state index in [2.05, 4.69) is 10.5 Å². The molecule has 138 valence electrons. The van der Waals surface area contributed by atoms with Crippen molar-refractivity contribution in [2.45, 2.75) is 19.8 Å². The molecular weight excluding hydrogens is 382 g/mol. The van der Waals surface area contributed by atoms with Gasteiger partial charge in [-0.15, -0.1) is 0 Å². The van der Waals surface area contributed by atoms with E-state index in [1.165, 1.54) is 18.2 Å². The quantitative estimate of drug-likeness (QED) is 0.821. The Morgan fingerprint density at radius 3 is 2.77 bits per heavy atom. The maximum Gasteiger partial charge on any atom is 0.251 e. The number of halogens is 1. The fourth-order valence-electron chi connectivity index (χ4n) is 2.60. The minimum absolute atomic E-state index is 0.00561. The van der Waals surface area contributed by atoms with Gasteiger partial charge in [0.25, 0.3) is 5.91 Å². The zero-order valence-electron chi connectivity index (χ0n) is 13.9. The lowest BCUT2D eigenvalue weighted by Gasteiger charge is -2.17. The van der Waals surface area contributed by atoms with Crippen LogP contribution in [-0.2, 0) is 21.2 Å². The highest BCUT2D eigenvalue weighted by Gasteiger charge is 2.37. The van der Waals surface area contributed by atoms with Gasteiger partial charge in [-0.05, 0) is 25.1 Å². The molecular formula is C16H16ClN3O5S. The van der Waals surface area contributed by atoms with Crippen molar-refractivity contribution in [3.05, 3.63) is 46.3 Å². The summed E-state index contributed by atoms with van der Waals surface area (Å²) in [4.78, 5) is 24.2. The van der Waals surface area contributed by atoms with Gasteiger partial charge in [0, 0.05) is 31.0 Å². The fourth-order valence-corrected chi connectivity index (χ4v) is 4.32. The molecule has 26 heavy (non-hydrogen) atoms. The van der Waals surface area contributed by atoms with E-state index in [0.29, 0.717) is 28.7 Å². The molecule has 0 radical (unpaired) electrons. The third-order valence-corrected chi connectivity index (χ3v) is 5.85. The molecule has 1 aliphatic rings. The van der Waals surface area contributed by atoms with Crippen molar-refractivity contribution in [3.8, 4) is 0 Å². The van der Waals surface area contributed by atoms with Crippen molar-refractivity contribution in [3.63, 3.8) is 0 Å². The van der Waals surface area contributed by atoms with Crippen molar-refractivity contribution in [1.29, 1.82) is 0 Å². The predicted molar refractivity (Wildman–Crippen MR) is 94.6 cm³/mol. The summed E-state index contributed by atoms with van der Waals surface area (Å²) >= 11 is 6.05. The summed E-state index contributed by atoms with van der Waals surface area (Å²) in [6, 6.07) is 5.94. The second-order valence-electron chi connectivity index (χ2n) is 5.83. The molecule has 0 unspecified atom stereocenters. The minimum atomic E-state index is -3.76. The minimum Gasteiger partial charge on any atom is -0.361 e. The molecule has 2 amide bonds. The van der Waals surface area contributed by atoms with Crippen molar-refractivity contribution < 1.29 is 22.5 Å². The number of aromatic nitrogens is 1.